The zero-order chi connectivity index (χ0) is 21.4. The van der Waals surface area contributed by atoms with Crippen molar-refractivity contribution in [1.29, 1.82) is 0 Å². The predicted molar refractivity (Wildman–Crippen MR) is 102 cm³/mol. The normalized spacial score (nSPS) is 35.1. The highest BCUT2D eigenvalue weighted by atomic mass is 16.8. The molecule has 3 heterocycles. The molecule has 4 unspecified atom stereocenters. The van der Waals surface area contributed by atoms with Crippen LogP contribution in [-0.2, 0) is 38.0 Å². The molecular formula is C21H34O8. The third-order valence-electron chi connectivity index (χ3n) is 5.52. The zero-order valence-electron chi connectivity index (χ0n) is 18.3. The SMILES string of the molecule is CC(=O)CCC1(CCC(C)=O)OCC(C2OC(C)(C)OC2C2COC(C)(C)O2)O1. The number of Topliss-reactive ketones (excluding diaryl/α,β-unsaturated/α-hetero) is 2. The first kappa shape index (κ1) is 22.8. The van der Waals surface area contributed by atoms with Crippen molar-refractivity contribution in [3.8, 4) is 0 Å². The van der Waals surface area contributed by atoms with Crippen LogP contribution in [-0.4, -0.2) is 66.6 Å². The van der Waals surface area contributed by atoms with Gasteiger partial charge < -0.3 is 38.0 Å². The molecule has 0 aromatic carbocycles. The topological polar surface area (TPSA) is 89.5 Å². The Morgan fingerprint density at radius 3 is 1.66 bits per heavy atom. The molecule has 0 radical (unpaired) electrons. The lowest BCUT2D eigenvalue weighted by molar-refractivity contribution is -0.198. The van der Waals surface area contributed by atoms with Crippen LogP contribution in [0.3, 0.4) is 0 Å². The minimum Gasteiger partial charge on any atom is -0.348 e. The first-order chi connectivity index (χ1) is 13.4. The van der Waals surface area contributed by atoms with Crippen LogP contribution in [0.1, 0.15) is 67.2 Å². The van der Waals surface area contributed by atoms with Gasteiger partial charge in [-0.05, 0) is 41.5 Å². The fourth-order valence-electron chi connectivity index (χ4n) is 4.13. The minimum absolute atomic E-state index is 0.0565. The van der Waals surface area contributed by atoms with E-state index in [1.165, 1.54) is 13.8 Å². The zero-order valence-corrected chi connectivity index (χ0v) is 18.3. The number of carbonyl (C=O) groups excluding carboxylic acids is 2. The molecule has 0 aliphatic carbocycles. The van der Waals surface area contributed by atoms with Gasteiger partial charge in [-0.2, -0.15) is 0 Å². The summed E-state index contributed by atoms with van der Waals surface area (Å²) in [5.41, 5.74) is 0. The summed E-state index contributed by atoms with van der Waals surface area (Å²) in [6, 6.07) is 0. The maximum absolute atomic E-state index is 11.5. The van der Waals surface area contributed by atoms with E-state index in [0.717, 1.165) is 0 Å². The van der Waals surface area contributed by atoms with Crippen molar-refractivity contribution in [2.75, 3.05) is 13.2 Å². The lowest BCUT2D eigenvalue weighted by Crippen LogP contribution is -2.45. The van der Waals surface area contributed by atoms with Gasteiger partial charge in [0.05, 0.1) is 13.2 Å². The molecule has 4 atom stereocenters. The molecule has 3 aliphatic heterocycles. The van der Waals surface area contributed by atoms with E-state index < -0.39 is 29.6 Å². The summed E-state index contributed by atoms with van der Waals surface area (Å²) in [7, 11) is 0. The van der Waals surface area contributed by atoms with E-state index in [0.29, 0.717) is 38.9 Å². The number of ketones is 2. The standard InChI is InChI=1S/C21H34O8/c1-13(22)7-9-21(10-8-14(2)23)25-12-16(27-21)18-17(28-20(5,6)29-18)15-11-24-19(3,4)26-15/h15-18H,7-12H2,1-6H3. The Morgan fingerprint density at radius 1 is 0.724 bits per heavy atom. The van der Waals surface area contributed by atoms with Crippen LogP contribution in [0.5, 0.6) is 0 Å². The van der Waals surface area contributed by atoms with E-state index >= 15 is 0 Å². The van der Waals surface area contributed by atoms with Crippen molar-refractivity contribution in [2.24, 2.45) is 0 Å². The molecule has 0 N–H and O–H groups in total. The second-order valence-corrected chi connectivity index (χ2v) is 9.21. The third kappa shape index (κ3) is 5.62. The van der Waals surface area contributed by atoms with Crippen molar-refractivity contribution < 1.29 is 38.0 Å². The quantitative estimate of drug-likeness (QED) is 0.599. The van der Waals surface area contributed by atoms with Crippen LogP contribution < -0.4 is 0 Å². The van der Waals surface area contributed by atoms with E-state index in [4.69, 9.17) is 28.4 Å². The van der Waals surface area contributed by atoms with Crippen molar-refractivity contribution >= 4 is 11.6 Å². The maximum Gasteiger partial charge on any atom is 0.169 e. The molecule has 0 spiro atoms. The summed E-state index contributed by atoms with van der Waals surface area (Å²) in [4.78, 5) is 23.1. The Bertz CT molecular complexity index is 610. The molecule has 0 saturated carbocycles. The number of rotatable bonds is 8. The van der Waals surface area contributed by atoms with Gasteiger partial charge in [-0.3, -0.25) is 0 Å². The molecule has 3 fully saturated rings. The Balaban J connectivity index is 1.73. The average Bonchev–Trinajstić information content (AvgIpc) is 3.26. The largest absolute Gasteiger partial charge is 0.348 e. The molecule has 8 heteroatoms. The van der Waals surface area contributed by atoms with E-state index in [9.17, 15) is 9.59 Å². The third-order valence-corrected chi connectivity index (χ3v) is 5.52. The maximum atomic E-state index is 11.5. The van der Waals surface area contributed by atoms with Crippen LogP contribution in [0, 0.1) is 0 Å². The second kappa shape index (κ2) is 8.32. The lowest BCUT2D eigenvalue weighted by Gasteiger charge is -2.30. The second-order valence-electron chi connectivity index (χ2n) is 9.21. The molecule has 0 bridgehead atoms. The Hall–Kier alpha value is -0.900. The summed E-state index contributed by atoms with van der Waals surface area (Å²) in [5, 5.41) is 0. The van der Waals surface area contributed by atoms with Crippen LogP contribution in [0.15, 0.2) is 0 Å². The smallest absolute Gasteiger partial charge is 0.169 e. The van der Waals surface area contributed by atoms with Crippen molar-refractivity contribution in [3.05, 3.63) is 0 Å². The van der Waals surface area contributed by atoms with Gasteiger partial charge in [0.25, 0.3) is 0 Å². The Labute approximate surface area is 172 Å². The molecule has 0 amide bonds. The molecule has 8 nitrogen and oxygen atoms in total. The molecule has 166 valence electrons. The van der Waals surface area contributed by atoms with Crippen LogP contribution in [0.4, 0.5) is 0 Å². The van der Waals surface area contributed by atoms with E-state index in [1.807, 2.05) is 27.7 Å². The molecule has 3 rings (SSSR count). The van der Waals surface area contributed by atoms with E-state index in [-0.39, 0.29) is 23.8 Å². The van der Waals surface area contributed by atoms with E-state index in [2.05, 4.69) is 0 Å². The highest BCUT2D eigenvalue weighted by Gasteiger charge is 2.56. The van der Waals surface area contributed by atoms with Gasteiger partial charge in [-0.15, -0.1) is 0 Å². The monoisotopic (exact) mass is 414 g/mol. The molecule has 3 saturated heterocycles. The first-order valence-corrected chi connectivity index (χ1v) is 10.4. The fourth-order valence-corrected chi connectivity index (χ4v) is 4.13. The summed E-state index contributed by atoms with van der Waals surface area (Å²) in [5.74, 6) is -2.32. The predicted octanol–water partition coefficient (Wildman–Crippen LogP) is 2.51. The number of ether oxygens (including phenoxy) is 6. The number of carbonyl (C=O) groups is 2. The highest BCUT2D eigenvalue weighted by Crippen LogP contribution is 2.42. The van der Waals surface area contributed by atoms with Gasteiger partial charge >= 0.3 is 0 Å². The van der Waals surface area contributed by atoms with Gasteiger partial charge in [0.15, 0.2) is 17.4 Å². The molecule has 0 aromatic rings. The lowest BCUT2D eigenvalue weighted by atomic mass is 10.0. The number of hydrogen-bond donors (Lipinski definition) is 0. The highest BCUT2D eigenvalue weighted by molar-refractivity contribution is 5.76. The van der Waals surface area contributed by atoms with Crippen LogP contribution in [0.25, 0.3) is 0 Å². The van der Waals surface area contributed by atoms with Gasteiger partial charge in [0.1, 0.15) is 36.0 Å². The summed E-state index contributed by atoms with van der Waals surface area (Å²) in [6.07, 6.45) is -0.00293. The van der Waals surface area contributed by atoms with Crippen molar-refractivity contribution in [2.45, 2.75) is 109 Å². The van der Waals surface area contributed by atoms with Crippen LogP contribution in [0.2, 0.25) is 0 Å². The minimum atomic E-state index is -0.963. The van der Waals surface area contributed by atoms with Gasteiger partial charge in [-0.25, -0.2) is 0 Å². The molecule has 29 heavy (non-hydrogen) atoms. The Morgan fingerprint density at radius 2 is 1.21 bits per heavy atom. The fraction of sp³-hybridized carbons (Fsp3) is 0.905. The molecule has 3 aliphatic rings. The molecular weight excluding hydrogens is 380 g/mol. The number of hydrogen-bond acceptors (Lipinski definition) is 8. The summed E-state index contributed by atoms with van der Waals surface area (Å²) < 4.78 is 36.4. The summed E-state index contributed by atoms with van der Waals surface area (Å²) in [6.45, 7) is 11.2. The van der Waals surface area contributed by atoms with Gasteiger partial charge in [0, 0.05) is 25.7 Å². The van der Waals surface area contributed by atoms with E-state index in [1.54, 1.807) is 0 Å². The van der Waals surface area contributed by atoms with Gasteiger partial charge in [0.2, 0.25) is 0 Å². The van der Waals surface area contributed by atoms with Crippen molar-refractivity contribution in [3.63, 3.8) is 0 Å². The van der Waals surface area contributed by atoms with Crippen molar-refractivity contribution in [1.82, 2.24) is 0 Å². The van der Waals surface area contributed by atoms with Gasteiger partial charge in [-0.1, -0.05) is 0 Å². The molecule has 0 aromatic heterocycles. The summed E-state index contributed by atoms with van der Waals surface area (Å²) >= 11 is 0. The average molecular weight is 414 g/mol. The van der Waals surface area contributed by atoms with Crippen LogP contribution >= 0.6 is 0 Å². The Kier molecular flexibility index (Phi) is 6.54. The first-order valence-electron chi connectivity index (χ1n) is 10.4.